The Labute approximate surface area is 106 Å². The molecule has 1 heterocycles. The molecule has 0 saturated heterocycles. The molecule has 0 aliphatic heterocycles. The number of methoxy groups -OCH3 is 2. The van der Waals surface area contributed by atoms with Crippen molar-refractivity contribution >= 4 is 5.82 Å². The van der Waals surface area contributed by atoms with Crippen LogP contribution >= 0.6 is 0 Å². The predicted octanol–water partition coefficient (Wildman–Crippen LogP) is 1.99. The van der Waals surface area contributed by atoms with Crippen molar-refractivity contribution in [1.82, 2.24) is 9.78 Å². The summed E-state index contributed by atoms with van der Waals surface area (Å²) in [6, 6.07) is 5.64. The molecule has 2 aromatic rings. The molecular formula is C13H17N3O2. The highest BCUT2D eigenvalue weighted by molar-refractivity contribution is 5.72. The van der Waals surface area contributed by atoms with E-state index in [1.54, 1.807) is 25.9 Å². The highest BCUT2D eigenvalue weighted by Crippen LogP contribution is 2.36. The van der Waals surface area contributed by atoms with Gasteiger partial charge in [-0.1, -0.05) is 0 Å². The molecule has 0 radical (unpaired) electrons. The molecule has 0 bridgehead atoms. The lowest BCUT2D eigenvalue weighted by molar-refractivity contribution is 0.402. The summed E-state index contributed by atoms with van der Waals surface area (Å²) in [5, 5.41) is 4.36. The van der Waals surface area contributed by atoms with Gasteiger partial charge in [0.05, 0.1) is 19.9 Å². The van der Waals surface area contributed by atoms with Crippen molar-refractivity contribution in [2.45, 2.75) is 6.92 Å². The fourth-order valence-corrected chi connectivity index (χ4v) is 1.93. The van der Waals surface area contributed by atoms with E-state index in [4.69, 9.17) is 15.2 Å². The summed E-state index contributed by atoms with van der Waals surface area (Å²) in [6.07, 6.45) is 0. The fourth-order valence-electron chi connectivity index (χ4n) is 1.93. The quantitative estimate of drug-likeness (QED) is 0.901. The average Bonchev–Trinajstić information content (AvgIpc) is 2.68. The van der Waals surface area contributed by atoms with Gasteiger partial charge in [0.15, 0.2) is 0 Å². The number of nitrogens with zero attached hydrogens (tertiary/aromatic N) is 2. The van der Waals surface area contributed by atoms with Gasteiger partial charge in [0.25, 0.3) is 0 Å². The van der Waals surface area contributed by atoms with Gasteiger partial charge < -0.3 is 15.2 Å². The number of hydrogen-bond donors (Lipinski definition) is 1. The van der Waals surface area contributed by atoms with Crippen molar-refractivity contribution in [1.29, 1.82) is 0 Å². The molecule has 18 heavy (non-hydrogen) atoms. The van der Waals surface area contributed by atoms with Crippen LogP contribution in [0.3, 0.4) is 0 Å². The van der Waals surface area contributed by atoms with Gasteiger partial charge in [-0.15, -0.1) is 0 Å². The van der Waals surface area contributed by atoms with Crippen LogP contribution in [0.4, 0.5) is 5.82 Å². The van der Waals surface area contributed by atoms with Gasteiger partial charge in [-0.05, 0) is 24.6 Å². The standard InChI is InChI=1S/C13H17N3O2/c1-8-5-9(17-3)6-10(13(8)18-4)11-7-12(14)16(2)15-11/h5-7H,14H2,1-4H3. The van der Waals surface area contributed by atoms with Crippen LogP contribution in [0.2, 0.25) is 0 Å². The average molecular weight is 247 g/mol. The van der Waals surface area contributed by atoms with Crippen LogP contribution in [0.25, 0.3) is 11.3 Å². The summed E-state index contributed by atoms with van der Waals surface area (Å²) in [5.74, 6) is 2.16. The van der Waals surface area contributed by atoms with Crippen molar-refractivity contribution < 1.29 is 9.47 Å². The largest absolute Gasteiger partial charge is 0.497 e. The third-order valence-corrected chi connectivity index (χ3v) is 2.88. The predicted molar refractivity (Wildman–Crippen MR) is 70.9 cm³/mol. The summed E-state index contributed by atoms with van der Waals surface area (Å²) in [7, 11) is 5.08. The number of hydrogen-bond acceptors (Lipinski definition) is 4. The molecular weight excluding hydrogens is 230 g/mol. The maximum atomic E-state index is 5.81. The molecule has 0 amide bonds. The number of rotatable bonds is 3. The van der Waals surface area contributed by atoms with Gasteiger partial charge in [-0.25, -0.2) is 0 Å². The Bertz CT molecular complexity index is 556. The second-order valence-electron chi connectivity index (χ2n) is 4.10. The van der Waals surface area contributed by atoms with Crippen LogP contribution in [0, 0.1) is 6.92 Å². The smallest absolute Gasteiger partial charge is 0.131 e. The minimum atomic E-state index is 0.604. The van der Waals surface area contributed by atoms with E-state index in [1.807, 2.05) is 25.1 Å². The molecule has 0 unspecified atom stereocenters. The SMILES string of the molecule is COc1cc(C)c(OC)c(-c2cc(N)n(C)n2)c1. The van der Waals surface area contributed by atoms with Crippen molar-refractivity contribution in [3.63, 3.8) is 0 Å². The summed E-state index contributed by atoms with van der Waals surface area (Å²) in [6.45, 7) is 1.97. The zero-order valence-electron chi connectivity index (χ0n) is 11.0. The van der Waals surface area contributed by atoms with E-state index < -0.39 is 0 Å². The van der Waals surface area contributed by atoms with E-state index in [0.717, 1.165) is 28.3 Å². The number of nitrogen functional groups attached to an aromatic ring is 1. The molecule has 5 heteroatoms. The van der Waals surface area contributed by atoms with Crippen LogP contribution in [0.1, 0.15) is 5.56 Å². The van der Waals surface area contributed by atoms with E-state index in [1.165, 1.54) is 0 Å². The van der Waals surface area contributed by atoms with Crippen molar-refractivity contribution in [3.8, 4) is 22.8 Å². The Morgan fingerprint density at radius 3 is 2.39 bits per heavy atom. The summed E-state index contributed by atoms with van der Waals surface area (Å²) in [4.78, 5) is 0. The van der Waals surface area contributed by atoms with Gasteiger partial charge >= 0.3 is 0 Å². The lowest BCUT2D eigenvalue weighted by atomic mass is 10.1. The Kier molecular flexibility index (Phi) is 3.14. The number of benzene rings is 1. The number of ether oxygens (including phenoxy) is 2. The molecule has 0 aliphatic carbocycles. The van der Waals surface area contributed by atoms with Crippen molar-refractivity contribution in [2.75, 3.05) is 20.0 Å². The molecule has 0 atom stereocenters. The maximum Gasteiger partial charge on any atom is 0.131 e. The van der Waals surface area contributed by atoms with Gasteiger partial charge in [0, 0.05) is 18.7 Å². The number of aryl methyl sites for hydroxylation is 2. The molecule has 5 nitrogen and oxygen atoms in total. The first-order chi connectivity index (χ1) is 8.56. The van der Waals surface area contributed by atoms with Gasteiger partial charge in [0.2, 0.25) is 0 Å². The van der Waals surface area contributed by atoms with E-state index >= 15 is 0 Å². The summed E-state index contributed by atoms with van der Waals surface area (Å²) >= 11 is 0. The molecule has 0 aliphatic rings. The Hall–Kier alpha value is -2.17. The molecule has 0 spiro atoms. The van der Waals surface area contributed by atoms with Crippen LogP contribution < -0.4 is 15.2 Å². The second kappa shape index (κ2) is 4.60. The highest BCUT2D eigenvalue weighted by atomic mass is 16.5. The van der Waals surface area contributed by atoms with Crippen LogP contribution in [-0.4, -0.2) is 24.0 Å². The van der Waals surface area contributed by atoms with Crippen LogP contribution in [0.5, 0.6) is 11.5 Å². The minimum absolute atomic E-state index is 0.604. The maximum absolute atomic E-state index is 5.81. The third-order valence-electron chi connectivity index (χ3n) is 2.88. The first-order valence-electron chi connectivity index (χ1n) is 5.59. The van der Waals surface area contributed by atoms with Crippen LogP contribution in [0.15, 0.2) is 18.2 Å². The zero-order chi connectivity index (χ0) is 13.3. The molecule has 0 fully saturated rings. The summed E-state index contributed by atoms with van der Waals surface area (Å²) < 4.78 is 12.3. The van der Waals surface area contributed by atoms with E-state index in [9.17, 15) is 0 Å². The zero-order valence-corrected chi connectivity index (χ0v) is 11.0. The Balaban J connectivity index is 2.64. The minimum Gasteiger partial charge on any atom is -0.497 e. The second-order valence-corrected chi connectivity index (χ2v) is 4.10. The number of aromatic nitrogens is 2. The van der Waals surface area contributed by atoms with Crippen molar-refractivity contribution in [2.24, 2.45) is 7.05 Å². The lowest BCUT2D eigenvalue weighted by Gasteiger charge is -2.11. The third kappa shape index (κ3) is 1.99. The van der Waals surface area contributed by atoms with Crippen LogP contribution in [-0.2, 0) is 7.05 Å². The van der Waals surface area contributed by atoms with E-state index in [2.05, 4.69) is 5.10 Å². The van der Waals surface area contributed by atoms with Gasteiger partial charge in [0.1, 0.15) is 17.3 Å². The topological polar surface area (TPSA) is 62.3 Å². The molecule has 96 valence electrons. The Morgan fingerprint density at radius 1 is 1.17 bits per heavy atom. The first-order valence-corrected chi connectivity index (χ1v) is 5.59. The highest BCUT2D eigenvalue weighted by Gasteiger charge is 2.14. The summed E-state index contributed by atoms with van der Waals surface area (Å²) in [5.41, 5.74) is 8.45. The monoisotopic (exact) mass is 247 g/mol. The number of nitrogens with two attached hydrogens (primary N) is 1. The van der Waals surface area contributed by atoms with Gasteiger partial charge in [-0.3, -0.25) is 4.68 Å². The fraction of sp³-hybridized carbons (Fsp3) is 0.308. The molecule has 2 rings (SSSR count). The molecule has 2 N–H and O–H groups in total. The first kappa shape index (κ1) is 12.3. The van der Waals surface area contributed by atoms with E-state index in [0.29, 0.717) is 5.82 Å². The molecule has 0 saturated carbocycles. The van der Waals surface area contributed by atoms with Gasteiger partial charge in [-0.2, -0.15) is 5.10 Å². The molecule has 1 aromatic carbocycles. The lowest BCUT2D eigenvalue weighted by Crippen LogP contribution is -1.97. The number of anilines is 1. The normalized spacial score (nSPS) is 10.4. The Morgan fingerprint density at radius 2 is 1.89 bits per heavy atom. The van der Waals surface area contributed by atoms with Crippen molar-refractivity contribution in [3.05, 3.63) is 23.8 Å². The van der Waals surface area contributed by atoms with E-state index in [-0.39, 0.29) is 0 Å². The molecule has 1 aromatic heterocycles.